The number of benzene rings is 2. The third kappa shape index (κ3) is 8.69. The number of nitrogens with zero attached hydrogens (tertiary/aromatic N) is 2. The molecule has 0 bridgehead atoms. The lowest BCUT2D eigenvalue weighted by Crippen LogP contribution is -2.55. The van der Waals surface area contributed by atoms with Crippen molar-refractivity contribution >= 4 is 27.5 Å². The fraction of sp³-hybridized carbons (Fsp3) is 0.481. The standard InChI is InChI=1S/C27H39N3O4S/c1-20(2)23-13-15-24(16-14-23)30(35(7,33)34)19-25(31)29(18-17-22-11-9-8-10-12-22)21(3)26(32)28-27(4,5)6/h8-16,20-21H,17-19H2,1-7H3,(H,28,32)/t21-/m1/s1. The average molecular weight is 502 g/mol. The molecule has 2 rings (SSSR count). The largest absolute Gasteiger partial charge is 0.350 e. The quantitative estimate of drug-likeness (QED) is 0.534. The maximum absolute atomic E-state index is 13.5. The number of sulfonamides is 1. The minimum absolute atomic E-state index is 0.283. The summed E-state index contributed by atoms with van der Waals surface area (Å²) in [5.41, 5.74) is 2.06. The molecule has 0 radical (unpaired) electrons. The van der Waals surface area contributed by atoms with Crippen LogP contribution in [0.5, 0.6) is 0 Å². The highest BCUT2D eigenvalue weighted by Crippen LogP contribution is 2.22. The summed E-state index contributed by atoms with van der Waals surface area (Å²) >= 11 is 0. The Morgan fingerprint density at radius 2 is 1.51 bits per heavy atom. The molecule has 0 unspecified atom stereocenters. The van der Waals surface area contributed by atoms with Crippen molar-refractivity contribution in [1.29, 1.82) is 0 Å². The van der Waals surface area contributed by atoms with Crippen LogP contribution in [0.1, 0.15) is 58.6 Å². The summed E-state index contributed by atoms with van der Waals surface area (Å²) in [6, 6.07) is 16.1. The Balaban J connectivity index is 2.33. The van der Waals surface area contributed by atoms with E-state index in [0.29, 0.717) is 18.0 Å². The van der Waals surface area contributed by atoms with Crippen molar-refractivity contribution in [3.05, 3.63) is 65.7 Å². The lowest BCUT2D eigenvalue weighted by atomic mass is 10.0. The van der Waals surface area contributed by atoms with Crippen LogP contribution in [0.15, 0.2) is 54.6 Å². The molecule has 0 aliphatic heterocycles. The molecule has 7 nitrogen and oxygen atoms in total. The molecule has 0 aliphatic carbocycles. The van der Waals surface area contributed by atoms with Crippen molar-refractivity contribution in [2.45, 2.75) is 65.5 Å². The summed E-state index contributed by atoms with van der Waals surface area (Å²) in [6.45, 7) is 11.3. The normalized spacial score (nSPS) is 12.8. The van der Waals surface area contributed by atoms with Gasteiger partial charge in [0, 0.05) is 12.1 Å². The second-order valence-corrected chi connectivity index (χ2v) is 12.2. The molecule has 0 aliphatic rings. The first-order chi connectivity index (χ1) is 16.2. The Morgan fingerprint density at radius 3 is 2.00 bits per heavy atom. The molecule has 1 atom stereocenters. The summed E-state index contributed by atoms with van der Waals surface area (Å²) in [7, 11) is -3.74. The van der Waals surface area contributed by atoms with E-state index in [1.54, 1.807) is 19.1 Å². The number of carbonyl (C=O) groups excluding carboxylic acids is 2. The topological polar surface area (TPSA) is 86.8 Å². The first kappa shape index (κ1) is 28.4. The van der Waals surface area contributed by atoms with Crippen molar-refractivity contribution < 1.29 is 18.0 Å². The average Bonchev–Trinajstić information content (AvgIpc) is 2.76. The summed E-state index contributed by atoms with van der Waals surface area (Å²) in [5, 5.41) is 2.92. The molecule has 8 heteroatoms. The van der Waals surface area contributed by atoms with Crippen molar-refractivity contribution in [3.63, 3.8) is 0 Å². The third-order valence-electron chi connectivity index (χ3n) is 5.68. The van der Waals surface area contributed by atoms with E-state index in [2.05, 4.69) is 19.2 Å². The van der Waals surface area contributed by atoms with Gasteiger partial charge >= 0.3 is 0 Å². The van der Waals surface area contributed by atoms with Gasteiger partial charge < -0.3 is 10.2 Å². The summed E-state index contributed by atoms with van der Waals surface area (Å²) in [6.07, 6.45) is 1.63. The number of rotatable bonds is 10. The molecule has 2 aromatic carbocycles. The second-order valence-electron chi connectivity index (χ2n) is 10.3. The number of carbonyl (C=O) groups is 2. The number of hydrogen-bond acceptors (Lipinski definition) is 4. The fourth-order valence-corrected chi connectivity index (χ4v) is 4.53. The number of anilines is 1. The molecular formula is C27H39N3O4S. The lowest BCUT2D eigenvalue weighted by Gasteiger charge is -2.33. The second kappa shape index (κ2) is 11.7. The van der Waals surface area contributed by atoms with Crippen LogP contribution in [0.4, 0.5) is 5.69 Å². The Hall–Kier alpha value is -2.87. The van der Waals surface area contributed by atoms with E-state index in [4.69, 9.17) is 0 Å². The molecule has 2 aromatic rings. The minimum Gasteiger partial charge on any atom is -0.350 e. The van der Waals surface area contributed by atoms with Crippen molar-refractivity contribution in [3.8, 4) is 0 Å². The predicted molar refractivity (Wildman–Crippen MR) is 142 cm³/mol. The molecule has 0 aromatic heterocycles. The van der Waals surface area contributed by atoms with Crippen LogP contribution in [-0.4, -0.2) is 56.1 Å². The van der Waals surface area contributed by atoms with Crippen LogP contribution in [0.3, 0.4) is 0 Å². The van der Waals surface area contributed by atoms with Crippen LogP contribution in [0.25, 0.3) is 0 Å². The molecule has 2 amide bonds. The van der Waals surface area contributed by atoms with Gasteiger partial charge in [-0.15, -0.1) is 0 Å². The maximum Gasteiger partial charge on any atom is 0.244 e. The summed E-state index contributed by atoms with van der Waals surface area (Å²) in [4.78, 5) is 27.9. The molecule has 192 valence electrons. The van der Waals surface area contributed by atoms with Crippen molar-refractivity contribution in [2.24, 2.45) is 0 Å². The van der Waals surface area contributed by atoms with Gasteiger partial charge in [0.2, 0.25) is 21.8 Å². The lowest BCUT2D eigenvalue weighted by molar-refractivity contribution is -0.139. The van der Waals surface area contributed by atoms with E-state index >= 15 is 0 Å². The van der Waals surface area contributed by atoms with Gasteiger partial charge in [0.15, 0.2) is 0 Å². The molecule has 0 saturated heterocycles. The Bertz CT molecular complexity index is 1090. The molecule has 1 N–H and O–H groups in total. The zero-order valence-electron chi connectivity index (χ0n) is 21.9. The molecule has 0 heterocycles. The Labute approximate surface area is 210 Å². The fourth-order valence-electron chi connectivity index (χ4n) is 3.68. The highest BCUT2D eigenvalue weighted by Gasteiger charge is 2.31. The van der Waals surface area contributed by atoms with E-state index in [9.17, 15) is 18.0 Å². The van der Waals surface area contributed by atoms with Gasteiger partial charge in [0.1, 0.15) is 12.6 Å². The molecule has 0 saturated carbocycles. The van der Waals surface area contributed by atoms with Gasteiger partial charge in [-0.2, -0.15) is 0 Å². The van der Waals surface area contributed by atoms with E-state index in [1.165, 1.54) is 4.90 Å². The highest BCUT2D eigenvalue weighted by atomic mass is 32.2. The minimum atomic E-state index is -3.74. The number of nitrogens with one attached hydrogen (secondary N) is 1. The van der Waals surface area contributed by atoms with Gasteiger partial charge in [-0.05, 0) is 63.3 Å². The van der Waals surface area contributed by atoms with Gasteiger partial charge in [-0.3, -0.25) is 13.9 Å². The molecule has 0 fully saturated rings. The smallest absolute Gasteiger partial charge is 0.244 e. The monoisotopic (exact) mass is 501 g/mol. The first-order valence-electron chi connectivity index (χ1n) is 11.9. The molecular weight excluding hydrogens is 462 g/mol. The van der Waals surface area contributed by atoms with Gasteiger partial charge in [-0.25, -0.2) is 8.42 Å². The van der Waals surface area contributed by atoms with E-state index in [1.807, 2.05) is 63.2 Å². The molecule has 35 heavy (non-hydrogen) atoms. The number of hydrogen-bond donors (Lipinski definition) is 1. The van der Waals surface area contributed by atoms with Crippen LogP contribution in [0, 0.1) is 0 Å². The third-order valence-corrected chi connectivity index (χ3v) is 6.82. The Kier molecular flexibility index (Phi) is 9.49. The zero-order chi connectivity index (χ0) is 26.4. The number of amides is 2. The van der Waals surface area contributed by atoms with Crippen LogP contribution >= 0.6 is 0 Å². The highest BCUT2D eigenvalue weighted by molar-refractivity contribution is 7.92. The van der Waals surface area contributed by atoms with E-state index < -0.39 is 27.5 Å². The maximum atomic E-state index is 13.5. The van der Waals surface area contributed by atoms with Gasteiger partial charge in [0.05, 0.1) is 11.9 Å². The van der Waals surface area contributed by atoms with Crippen LogP contribution in [0.2, 0.25) is 0 Å². The summed E-state index contributed by atoms with van der Waals surface area (Å²) in [5.74, 6) is -0.421. The van der Waals surface area contributed by atoms with Crippen molar-refractivity contribution in [1.82, 2.24) is 10.2 Å². The van der Waals surface area contributed by atoms with E-state index in [-0.39, 0.29) is 19.0 Å². The zero-order valence-corrected chi connectivity index (χ0v) is 22.7. The van der Waals surface area contributed by atoms with Gasteiger partial charge in [-0.1, -0.05) is 56.3 Å². The summed E-state index contributed by atoms with van der Waals surface area (Å²) < 4.78 is 26.4. The van der Waals surface area contributed by atoms with E-state index in [0.717, 1.165) is 21.7 Å². The predicted octanol–water partition coefficient (Wildman–Crippen LogP) is 3.95. The Morgan fingerprint density at radius 1 is 0.943 bits per heavy atom. The van der Waals surface area contributed by atoms with Crippen molar-refractivity contribution in [2.75, 3.05) is 23.7 Å². The first-order valence-corrected chi connectivity index (χ1v) is 13.8. The SMILES string of the molecule is CC(C)c1ccc(N(CC(=O)N(CCc2ccccc2)[C@H](C)C(=O)NC(C)(C)C)S(C)(=O)=O)cc1. The van der Waals surface area contributed by atoms with Crippen LogP contribution in [-0.2, 0) is 26.0 Å². The van der Waals surface area contributed by atoms with Crippen LogP contribution < -0.4 is 9.62 Å². The van der Waals surface area contributed by atoms with Gasteiger partial charge in [0.25, 0.3) is 0 Å². The molecule has 0 spiro atoms.